The molecular weight excluding hydrogens is 272 g/mol. The molecule has 1 unspecified atom stereocenters. The predicted octanol–water partition coefficient (Wildman–Crippen LogP) is 2.79. The van der Waals surface area contributed by atoms with Crippen LogP contribution in [0.4, 0.5) is 10.5 Å². The van der Waals surface area contributed by atoms with Crippen molar-refractivity contribution in [1.82, 2.24) is 5.32 Å². The second-order valence-electron chi connectivity index (χ2n) is 6.24. The molecule has 0 aliphatic heterocycles. The number of urea groups is 1. The van der Waals surface area contributed by atoms with E-state index < -0.39 is 12.0 Å². The summed E-state index contributed by atoms with van der Waals surface area (Å²) < 4.78 is 0. The average molecular weight is 292 g/mol. The SMILES string of the molecule is CC1(C)CCC(NC(=O)Nc2ccc(C(=O)O)cc2O)C1. The van der Waals surface area contributed by atoms with Crippen LogP contribution in [0.15, 0.2) is 18.2 Å². The van der Waals surface area contributed by atoms with Gasteiger partial charge in [0, 0.05) is 6.04 Å². The number of hydrogen-bond acceptors (Lipinski definition) is 3. The molecule has 1 aromatic carbocycles. The maximum absolute atomic E-state index is 11.9. The number of hydrogen-bond donors (Lipinski definition) is 4. The Bertz CT molecular complexity index is 569. The first-order valence-corrected chi connectivity index (χ1v) is 6.91. The first-order valence-electron chi connectivity index (χ1n) is 6.91. The van der Waals surface area contributed by atoms with Gasteiger partial charge in [0.25, 0.3) is 0 Å². The van der Waals surface area contributed by atoms with Crippen molar-refractivity contribution in [2.75, 3.05) is 5.32 Å². The molecular formula is C15H20N2O4. The van der Waals surface area contributed by atoms with Crippen molar-refractivity contribution in [3.63, 3.8) is 0 Å². The zero-order valence-corrected chi connectivity index (χ0v) is 12.1. The van der Waals surface area contributed by atoms with Gasteiger partial charge in [0.05, 0.1) is 11.3 Å². The lowest BCUT2D eigenvalue weighted by molar-refractivity contribution is 0.0696. The fraction of sp³-hybridized carbons (Fsp3) is 0.467. The summed E-state index contributed by atoms with van der Waals surface area (Å²) in [5, 5.41) is 23.9. The molecule has 2 amide bonds. The van der Waals surface area contributed by atoms with Gasteiger partial charge in [-0.25, -0.2) is 9.59 Å². The Morgan fingerprint density at radius 1 is 1.33 bits per heavy atom. The van der Waals surface area contributed by atoms with E-state index in [-0.39, 0.29) is 28.5 Å². The van der Waals surface area contributed by atoms with Crippen molar-refractivity contribution in [3.05, 3.63) is 23.8 Å². The highest BCUT2D eigenvalue weighted by molar-refractivity contribution is 5.93. The van der Waals surface area contributed by atoms with E-state index in [1.54, 1.807) is 0 Å². The topological polar surface area (TPSA) is 98.7 Å². The lowest BCUT2D eigenvalue weighted by Gasteiger charge is -2.18. The fourth-order valence-corrected chi connectivity index (χ4v) is 2.67. The molecule has 1 aliphatic rings. The molecule has 1 saturated carbocycles. The van der Waals surface area contributed by atoms with Crippen LogP contribution in [0.1, 0.15) is 43.5 Å². The molecule has 1 aliphatic carbocycles. The number of carbonyl (C=O) groups excluding carboxylic acids is 1. The van der Waals surface area contributed by atoms with E-state index in [1.165, 1.54) is 12.1 Å². The van der Waals surface area contributed by atoms with Gasteiger partial charge in [-0.1, -0.05) is 13.8 Å². The van der Waals surface area contributed by atoms with Crippen molar-refractivity contribution < 1.29 is 19.8 Å². The summed E-state index contributed by atoms with van der Waals surface area (Å²) in [6.45, 7) is 4.34. The number of rotatable bonds is 3. The minimum Gasteiger partial charge on any atom is -0.506 e. The number of anilines is 1. The summed E-state index contributed by atoms with van der Waals surface area (Å²) in [6.07, 6.45) is 2.92. The van der Waals surface area contributed by atoms with Crippen molar-refractivity contribution >= 4 is 17.7 Å². The summed E-state index contributed by atoms with van der Waals surface area (Å²) in [4.78, 5) is 22.7. The van der Waals surface area contributed by atoms with Gasteiger partial charge in [0.1, 0.15) is 5.75 Å². The minimum absolute atomic E-state index is 0.0315. The molecule has 0 saturated heterocycles. The zero-order chi connectivity index (χ0) is 15.6. The predicted molar refractivity (Wildman–Crippen MR) is 78.6 cm³/mol. The summed E-state index contributed by atoms with van der Waals surface area (Å²) in [5.74, 6) is -1.40. The standard InChI is InChI=1S/C15H20N2O4/c1-15(2)6-5-10(8-15)16-14(21)17-11-4-3-9(13(19)20)7-12(11)18/h3-4,7,10,18H,5-6,8H2,1-2H3,(H,19,20)(H2,16,17,21). The van der Waals surface area contributed by atoms with Gasteiger partial charge < -0.3 is 20.8 Å². The van der Waals surface area contributed by atoms with Crippen LogP contribution in [0.25, 0.3) is 0 Å². The highest BCUT2D eigenvalue weighted by Crippen LogP contribution is 2.37. The lowest BCUT2D eigenvalue weighted by atomic mass is 9.92. The number of phenols is 1. The van der Waals surface area contributed by atoms with E-state index in [0.717, 1.165) is 25.3 Å². The van der Waals surface area contributed by atoms with E-state index in [4.69, 9.17) is 5.11 Å². The van der Waals surface area contributed by atoms with E-state index in [0.29, 0.717) is 0 Å². The number of aromatic carboxylic acids is 1. The van der Waals surface area contributed by atoms with Gasteiger partial charge >= 0.3 is 12.0 Å². The van der Waals surface area contributed by atoms with Crippen molar-refractivity contribution in [2.45, 2.75) is 39.2 Å². The Hall–Kier alpha value is -2.24. The van der Waals surface area contributed by atoms with Crippen molar-refractivity contribution in [1.29, 1.82) is 0 Å². The van der Waals surface area contributed by atoms with Crippen LogP contribution in [-0.2, 0) is 0 Å². The molecule has 1 atom stereocenters. The summed E-state index contributed by atoms with van der Waals surface area (Å²) in [7, 11) is 0. The Kier molecular flexibility index (Phi) is 4.06. The third-order valence-corrected chi connectivity index (χ3v) is 3.80. The van der Waals surface area contributed by atoms with E-state index in [1.807, 2.05) is 0 Å². The lowest BCUT2D eigenvalue weighted by Crippen LogP contribution is -2.36. The van der Waals surface area contributed by atoms with Gasteiger partial charge in [-0.2, -0.15) is 0 Å². The number of phenolic OH excluding ortho intramolecular Hbond substituents is 1. The minimum atomic E-state index is -1.13. The van der Waals surface area contributed by atoms with Crippen LogP contribution in [0, 0.1) is 5.41 Å². The Morgan fingerprint density at radius 3 is 2.57 bits per heavy atom. The van der Waals surface area contributed by atoms with E-state index in [2.05, 4.69) is 24.5 Å². The van der Waals surface area contributed by atoms with Crippen LogP contribution < -0.4 is 10.6 Å². The highest BCUT2D eigenvalue weighted by atomic mass is 16.4. The first kappa shape index (κ1) is 15.2. The quantitative estimate of drug-likeness (QED) is 0.644. The first-order chi connectivity index (χ1) is 9.77. The van der Waals surface area contributed by atoms with Crippen LogP contribution >= 0.6 is 0 Å². The summed E-state index contributed by atoms with van der Waals surface area (Å²) in [5.41, 5.74) is 0.397. The normalized spacial score (nSPS) is 20.0. The van der Waals surface area contributed by atoms with Gasteiger partial charge in [-0.3, -0.25) is 0 Å². The second-order valence-corrected chi connectivity index (χ2v) is 6.24. The molecule has 6 heteroatoms. The number of nitrogens with one attached hydrogen (secondary N) is 2. The molecule has 2 rings (SSSR count). The van der Waals surface area contributed by atoms with Crippen LogP contribution in [-0.4, -0.2) is 28.3 Å². The Balaban J connectivity index is 1.95. The zero-order valence-electron chi connectivity index (χ0n) is 12.1. The number of amides is 2. The molecule has 4 N–H and O–H groups in total. The molecule has 21 heavy (non-hydrogen) atoms. The van der Waals surface area contributed by atoms with Gasteiger partial charge in [-0.15, -0.1) is 0 Å². The number of benzene rings is 1. The van der Waals surface area contributed by atoms with Gasteiger partial charge in [-0.05, 0) is 42.9 Å². The molecule has 114 valence electrons. The van der Waals surface area contributed by atoms with E-state index >= 15 is 0 Å². The monoisotopic (exact) mass is 292 g/mol. The Morgan fingerprint density at radius 2 is 2.05 bits per heavy atom. The second kappa shape index (κ2) is 5.63. The Labute approximate surface area is 123 Å². The van der Waals surface area contributed by atoms with Crippen molar-refractivity contribution in [2.24, 2.45) is 5.41 Å². The molecule has 0 radical (unpaired) electrons. The molecule has 6 nitrogen and oxygen atoms in total. The van der Waals surface area contributed by atoms with Crippen LogP contribution in [0.5, 0.6) is 5.75 Å². The largest absolute Gasteiger partial charge is 0.506 e. The van der Waals surface area contributed by atoms with Gasteiger partial charge in [0.15, 0.2) is 0 Å². The number of aromatic hydroxyl groups is 1. The number of carbonyl (C=O) groups is 2. The maximum atomic E-state index is 11.9. The molecule has 1 fully saturated rings. The third-order valence-electron chi connectivity index (χ3n) is 3.80. The molecule has 0 spiro atoms. The average Bonchev–Trinajstić information content (AvgIpc) is 2.70. The number of carboxylic acid groups (broad SMARTS) is 1. The number of carboxylic acids is 1. The molecule has 0 bridgehead atoms. The fourth-order valence-electron chi connectivity index (χ4n) is 2.67. The summed E-state index contributed by atoms with van der Waals surface area (Å²) >= 11 is 0. The van der Waals surface area contributed by atoms with Crippen molar-refractivity contribution in [3.8, 4) is 5.75 Å². The molecule has 0 heterocycles. The van der Waals surface area contributed by atoms with Crippen LogP contribution in [0.2, 0.25) is 0 Å². The smallest absolute Gasteiger partial charge is 0.335 e. The van der Waals surface area contributed by atoms with E-state index in [9.17, 15) is 14.7 Å². The molecule has 1 aromatic rings. The highest BCUT2D eigenvalue weighted by Gasteiger charge is 2.31. The van der Waals surface area contributed by atoms with Crippen LogP contribution in [0.3, 0.4) is 0 Å². The molecule has 0 aromatic heterocycles. The maximum Gasteiger partial charge on any atom is 0.335 e. The summed E-state index contributed by atoms with van der Waals surface area (Å²) in [6, 6.07) is 3.54. The van der Waals surface area contributed by atoms with Gasteiger partial charge in [0.2, 0.25) is 0 Å². The third kappa shape index (κ3) is 3.87.